The first-order valence-corrected chi connectivity index (χ1v) is 15.6. The van der Waals surface area contributed by atoms with E-state index in [9.17, 15) is 9.59 Å². The van der Waals surface area contributed by atoms with Crippen molar-refractivity contribution in [3.05, 3.63) is 23.0 Å². The van der Waals surface area contributed by atoms with Crippen LogP contribution in [0.15, 0.2) is 23.0 Å². The van der Waals surface area contributed by atoms with Gasteiger partial charge < -0.3 is 14.8 Å². The minimum atomic E-state index is -0.0219. The van der Waals surface area contributed by atoms with E-state index in [0.717, 1.165) is 62.8 Å². The van der Waals surface area contributed by atoms with Crippen LogP contribution in [0.2, 0.25) is 0 Å². The van der Waals surface area contributed by atoms with E-state index >= 15 is 0 Å². The molecule has 0 saturated heterocycles. The molecule has 38 heavy (non-hydrogen) atoms. The summed E-state index contributed by atoms with van der Waals surface area (Å²) in [5.74, 6) is 4.49. The van der Waals surface area contributed by atoms with Crippen molar-refractivity contribution >= 4 is 11.9 Å². The van der Waals surface area contributed by atoms with E-state index < -0.39 is 0 Å². The molecule has 3 fully saturated rings. The number of carbonyl (C=O) groups excluding carboxylic acids is 2. The SMILES string of the molecule is CCCC(=O)O[C@H]1CC[C@@]2(C)C(=CC[C@@H]3[C@H]4C[C@H]5OC(CC[C@@H](C)CNC(C)=O)=C(C)[C@H]5[C@@]4(C)CC[C@H]32)C1. The van der Waals surface area contributed by atoms with Crippen molar-refractivity contribution in [2.75, 3.05) is 6.54 Å². The van der Waals surface area contributed by atoms with Crippen molar-refractivity contribution in [1.29, 1.82) is 0 Å². The number of rotatable bonds is 8. The zero-order valence-corrected chi connectivity index (χ0v) is 24.7. The van der Waals surface area contributed by atoms with Crippen molar-refractivity contribution < 1.29 is 19.1 Å². The highest BCUT2D eigenvalue weighted by Crippen LogP contribution is 2.69. The summed E-state index contributed by atoms with van der Waals surface area (Å²) in [5.41, 5.74) is 3.67. The fraction of sp³-hybridized carbons (Fsp3) is 0.818. The molecule has 0 radical (unpaired) electrons. The van der Waals surface area contributed by atoms with Crippen molar-refractivity contribution in [3.8, 4) is 0 Å². The summed E-state index contributed by atoms with van der Waals surface area (Å²) in [6, 6.07) is 0. The highest BCUT2D eigenvalue weighted by molar-refractivity contribution is 5.72. The fourth-order valence-corrected chi connectivity index (χ4v) is 9.56. The molecule has 5 aliphatic rings. The first-order chi connectivity index (χ1) is 18.1. The number of hydrogen-bond acceptors (Lipinski definition) is 4. The van der Waals surface area contributed by atoms with Gasteiger partial charge in [0, 0.05) is 38.6 Å². The van der Waals surface area contributed by atoms with E-state index in [1.54, 1.807) is 12.5 Å². The quantitative estimate of drug-likeness (QED) is 0.271. The average Bonchev–Trinajstić information content (AvgIpc) is 3.34. The monoisotopic (exact) mass is 525 g/mol. The molecule has 5 nitrogen and oxygen atoms in total. The van der Waals surface area contributed by atoms with Crippen molar-refractivity contribution in [3.63, 3.8) is 0 Å². The van der Waals surface area contributed by atoms with Crippen LogP contribution in [-0.2, 0) is 19.1 Å². The zero-order chi connectivity index (χ0) is 27.2. The van der Waals surface area contributed by atoms with Gasteiger partial charge in [-0.05, 0) is 98.4 Å². The minimum absolute atomic E-state index is 0.0219. The zero-order valence-electron chi connectivity index (χ0n) is 24.7. The molecule has 0 aromatic heterocycles. The molecule has 0 spiro atoms. The van der Waals surface area contributed by atoms with Crippen LogP contribution in [0.5, 0.6) is 0 Å². The number of nitrogens with one attached hydrogen (secondary N) is 1. The van der Waals surface area contributed by atoms with E-state index in [1.165, 1.54) is 37.0 Å². The van der Waals surface area contributed by atoms with Crippen LogP contribution in [0, 0.1) is 40.4 Å². The van der Waals surface area contributed by atoms with Gasteiger partial charge in [0.05, 0.1) is 5.76 Å². The molecule has 9 atom stereocenters. The molecule has 0 aromatic rings. The Kier molecular flexibility index (Phi) is 7.79. The van der Waals surface area contributed by atoms with Gasteiger partial charge in [-0.1, -0.05) is 39.3 Å². The summed E-state index contributed by atoms with van der Waals surface area (Å²) < 4.78 is 12.6. The number of hydrogen-bond donors (Lipinski definition) is 1. The molecule has 1 N–H and O–H groups in total. The molecule has 5 rings (SSSR count). The first-order valence-electron chi connectivity index (χ1n) is 15.6. The summed E-state index contributed by atoms with van der Waals surface area (Å²) in [4.78, 5) is 23.4. The van der Waals surface area contributed by atoms with Crippen LogP contribution in [0.25, 0.3) is 0 Å². The smallest absolute Gasteiger partial charge is 0.306 e. The van der Waals surface area contributed by atoms with Crippen LogP contribution in [0.3, 0.4) is 0 Å². The fourth-order valence-electron chi connectivity index (χ4n) is 9.56. The van der Waals surface area contributed by atoms with Gasteiger partial charge in [0.1, 0.15) is 12.2 Å². The lowest BCUT2D eigenvalue weighted by atomic mass is 9.47. The summed E-state index contributed by atoms with van der Waals surface area (Å²) in [6.07, 6.45) is 14.5. The molecule has 212 valence electrons. The summed E-state index contributed by atoms with van der Waals surface area (Å²) in [5, 5.41) is 2.96. The Morgan fingerprint density at radius 3 is 2.74 bits per heavy atom. The highest BCUT2D eigenvalue weighted by atomic mass is 16.5. The lowest BCUT2D eigenvalue weighted by Gasteiger charge is -2.58. The molecule has 3 saturated carbocycles. The van der Waals surface area contributed by atoms with E-state index in [-0.39, 0.29) is 23.4 Å². The molecular formula is C33H51NO4. The molecular weight excluding hydrogens is 474 g/mol. The van der Waals surface area contributed by atoms with Crippen molar-refractivity contribution in [2.24, 2.45) is 40.4 Å². The molecule has 4 aliphatic carbocycles. The van der Waals surface area contributed by atoms with Crippen LogP contribution in [-0.4, -0.2) is 30.6 Å². The average molecular weight is 526 g/mol. The van der Waals surface area contributed by atoms with Crippen LogP contribution < -0.4 is 5.32 Å². The second kappa shape index (κ2) is 10.7. The normalized spacial score (nSPS) is 40.2. The Morgan fingerprint density at radius 1 is 1.21 bits per heavy atom. The molecule has 1 heterocycles. The van der Waals surface area contributed by atoms with Crippen LogP contribution in [0.1, 0.15) is 112 Å². The number of allylic oxidation sites excluding steroid dienone is 2. The van der Waals surface area contributed by atoms with Gasteiger partial charge in [0.25, 0.3) is 0 Å². The third-order valence-electron chi connectivity index (χ3n) is 11.6. The van der Waals surface area contributed by atoms with Gasteiger partial charge in [-0.15, -0.1) is 0 Å². The van der Waals surface area contributed by atoms with E-state index in [1.807, 2.05) is 6.92 Å². The van der Waals surface area contributed by atoms with Crippen molar-refractivity contribution in [2.45, 2.75) is 124 Å². The minimum Gasteiger partial charge on any atom is -0.494 e. The Balaban J connectivity index is 1.26. The Hall–Kier alpha value is -1.78. The van der Waals surface area contributed by atoms with Crippen LogP contribution >= 0.6 is 0 Å². The maximum absolute atomic E-state index is 12.1. The number of carbonyl (C=O) groups is 2. The van der Waals surface area contributed by atoms with E-state index in [2.05, 4.69) is 39.1 Å². The van der Waals surface area contributed by atoms with Crippen LogP contribution in [0.4, 0.5) is 0 Å². The Morgan fingerprint density at radius 2 is 2.00 bits per heavy atom. The van der Waals surface area contributed by atoms with Gasteiger partial charge in [-0.2, -0.15) is 0 Å². The maximum atomic E-state index is 12.1. The number of fused-ring (bicyclic) bond motifs is 7. The summed E-state index contributed by atoms with van der Waals surface area (Å²) >= 11 is 0. The highest BCUT2D eigenvalue weighted by Gasteiger charge is 2.63. The lowest BCUT2D eigenvalue weighted by molar-refractivity contribution is -0.151. The van der Waals surface area contributed by atoms with Gasteiger partial charge in [-0.3, -0.25) is 9.59 Å². The topological polar surface area (TPSA) is 64.6 Å². The molecule has 0 unspecified atom stereocenters. The lowest BCUT2D eigenvalue weighted by Crippen LogP contribution is -2.50. The number of amides is 1. The third-order valence-corrected chi connectivity index (χ3v) is 11.6. The largest absolute Gasteiger partial charge is 0.494 e. The second-order valence-corrected chi connectivity index (χ2v) is 14.0. The predicted octanol–water partition coefficient (Wildman–Crippen LogP) is 7.11. The first kappa shape index (κ1) is 27.8. The van der Waals surface area contributed by atoms with E-state index in [4.69, 9.17) is 9.47 Å². The standard InChI is InChI=1S/C33H51NO4/c1-7-8-30(36)37-24-13-15-32(5)23(17-24)10-11-25-26(32)14-16-33(6)27(25)18-29-31(33)21(3)28(38-29)12-9-20(2)19-34-22(4)35/h10,20,24-27,29,31H,7-9,11-19H2,1-6H3,(H,34,35)/t20-,24+,25+,26-,27-,29-,31-,32+,33+/m1/s1. The summed E-state index contributed by atoms with van der Waals surface area (Å²) in [6.45, 7) is 14.0. The third kappa shape index (κ3) is 4.85. The second-order valence-electron chi connectivity index (χ2n) is 14.0. The molecule has 1 amide bonds. The summed E-state index contributed by atoms with van der Waals surface area (Å²) in [7, 11) is 0. The number of esters is 1. The molecule has 0 bridgehead atoms. The number of ether oxygens (including phenoxy) is 2. The van der Waals surface area contributed by atoms with Crippen molar-refractivity contribution in [1.82, 2.24) is 5.32 Å². The maximum Gasteiger partial charge on any atom is 0.306 e. The van der Waals surface area contributed by atoms with Gasteiger partial charge >= 0.3 is 5.97 Å². The van der Waals surface area contributed by atoms with Gasteiger partial charge in [-0.25, -0.2) is 0 Å². The van der Waals surface area contributed by atoms with Gasteiger partial charge in [0.2, 0.25) is 5.91 Å². The Labute approximate surface area is 230 Å². The Bertz CT molecular complexity index is 999. The molecule has 0 aromatic carbocycles. The van der Waals surface area contributed by atoms with Gasteiger partial charge in [0.15, 0.2) is 0 Å². The molecule has 5 heteroatoms. The predicted molar refractivity (Wildman–Crippen MR) is 150 cm³/mol. The van der Waals surface area contributed by atoms with E-state index in [0.29, 0.717) is 29.8 Å². The molecule has 1 aliphatic heterocycles.